The first-order valence-electron chi connectivity index (χ1n) is 10.1. The lowest BCUT2D eigenvalue weighted by Gasteiger charge is -2.26. The predicted octanol–water partition coefficient (Wildman–Crippen LogP) is 6.44. The minimum atomic E-state index is -0.991. The largest absolute Gasteiger partial charge is 0.205 e. The number of fused-ring (bicyclic) bond motifs is 1. The highest BCUT2D eigenvalue weighted by Crippen LogP contribution is 2.36. The van der Waals surface area contributed by atoms with E-state index in [1.54, 1.807) is 18.2 Å². The molecule has 0 unspecified atom stereocenters. The van der Waals surface area contributed by atoms with Crippen molar-refractivity contribution in [3.05, 3.63) is 82.2 Å². The van der Waals surface area contributed by atoms with Crippen LogP contribution in [0.15, 0.2) is 42.5 Å². The Morgan fingerprint density at radius 2 is 1.58 bits per heavy atom. The second-order valence-electron chi connectivity index (χ2n) is 7.80. The van der Waals surface area contributed by atoms with Gasteiger partial charge in [-0.05, 0) is 60.7 Å². The summed E-state index contributed by atoms with van der Waals surface area (Å²) in [5.41, 5.74) is 0.696. The third-order valence-corrected chi connectivity index (χ3v) is 5.91. The zero-order valence-corrected chi connectivity index (χ0v) is 16.7. The van der Waals surface area contributed by atoms with Crippen molar-refractivity contribution in [2.75, 3.05) is 0 Å². The highest BCUT2D eigenvalue weighted by atomic mass is 19.1. The van der Waals surface area contributed by atoms with Crippen LogP contribution in [0.25, 0.3) is 10.8 Å². The lowest BCUT2D eigenvalue weighted by Crippen LogP contribution is -2.11. The Balaban J connectivity index is 1.62. The average Bonchev–Trinajstić information content (AvgIpc) is 2.78. The molecule has 0 bridgehead atoms. The van der Waals surface area contributed by atoms with E-state index in [2.05, 4.69) is 17.8 Å². The average molecular weight is 413 g/mol. The van der Waals surface area contributed by atoms with E-state index in [-0.39, 0.29) is 11.1 Å². The zero-order chi connectivity index (χ0) is 22.0. The highest BCUT2D eigenvalue weighted by Gasteiger charge is 2.21. The number of benzene rings is 3. The Bertz CT molecular complexity index is 1280. The normalized spacial score (nSPS) is 18.0. The number of terminal acetylenes is 1. The maximum absolute atomic E-state index is 15.0. The summed E-state index contributed by atoms with van der Waals surface area (Å²) in [6.45, 7) is 0. The van der Waals surface area contributed by atoms with Gasteiger partial charge < -0.3 is 0 Å². The number of halogens is 3. The zero-order valence-electron chi connectivity index (χ0n) is 16.7. The predicted molar refractivity (Wildman–Crippen MR) is 114 cm³/mol. The molecule has 0 N–H and O–H groups in total. The molecule has 1 aliphatic carbocycles. The molecule has 0 aromatic heterocycles. The molecule has 4 rings (SSSR count). The molecule has 3 aromatic rings. The van der Waals surface area contributed by atoms with Crippen LogP contribution in [-0.4, -0.2) is 0 Å². The van der Waals surface area contributed by atoms with E-state index in [1.807, 2.05) is 12.1 Å². The number of hydrogen-bond acceptors (Lipinski definition) is 1. The van der Waals surface area contributed by atoms with Crippen LogP contribution < -0.4 is 0 Å². The minimum absolute atomic E-state index is 0.0337. The van der Waals surface area contributed by atoms with Crippen molar-refractivity contribution in [1.29, 1.82) is 5.26 Å². The fourth-order valence-corrected chi connectivity index (χ4v) is 4.15. The van der Waals surface area contributed by atoms with Gasteiger partial charge in [0.25, 0.3) is 0 Å². The van der Waals surface area contributed by atoms with Crippen LogP contribution >= 0.6 is 0 Å². The molecular formula is C27H18F3N. The molecule has 1 nitrogen and oxygen atoms in total. The Labute approximate surface area is 179 Å². The van der Waals surface area contributed by atoms with E-state index < -0.39 is 23.0 Å². The summed E-state index contributed by atoms with van der Waals surface area (Å²) in [4.78, 5) is 0. The summed E-state index contributed by atoms with van der Waals surface area (Å²) in [6, 6.07) is 12.5. The minimum Gasteiger partial charge on any atom is -0.205 e. The lowest BCUT2D eigenvalue weighted by atomic mass is 9.78. The Morgan fingerprint density at radius 1 is 0.871 bits per heavy atom. The number of nitriles is 1. The quantitative estimate of drug-likeness (QED) is 0.422. The molecule has 0 spiro atoms. The van der Waals surface area contributed by atoms with Gasteiger partial charge in [0.05, 0.1) is 5.56 Å². The second kappa shape index (κ2) is 8.59. The lowest BCUT2D eigenvalue weighted by molar-refractivity contribution is 0.385. The van der Waals surface area contributed by atoms with Crippen LogP contribution in [0.3, 0.4) is 0 Å². The van der Waals surface area contributed by atoms with Crippen molar-refractivity contribution in [2.45, 2.75) is 31.6 Å². The van der Waals surface area contributed by atoms with Gasteiger partial charge in [0.1, 0.15) is 29.1 Å². The van der Waals surface area contributed by atoms with Crippen molar-refractivity contribution >= 4 is 10.8 Å². The van der Waals surface area contributed by atoms with E-state index in [0.717, 1.165) is 43.2 Å². The summed E-state index contributed by atoms with van der Waals surface area (Å²) in [6.07, 6.45) is 9.62. The molecule has 1 saturated carbocycles. The van der Waals surface area contributed by atoms with E-state index in [1.165, 1.54) is 11.6 Å². The fraction of sp³-hybridized carbons (Fsp3) is 0.222. The maximum atomic E-state index is 15.0. The monoisotopic (exact) mass is 413 g/mol. The smallest absolute Gasteiger partial charge is 0.146 e. The molecule has 0 atom stereocenters. The van der Waals surface area contributed by atoms with Gasteiger partial charge in [-0.25, -0.2) is 13.2 Å². The summed E-state index contributed by atoms with van der Waals surface area (Å²) in [5.74, 6) is 6.39. The van der Waals surface area contributed by atoms with Gasteiger partial charge in [0.2, 0.25) is 0 Å². The molecule has 0 amide bonds. The summed E-state index contributed by atoms with van der Waals surface area (Å²) in [5, 5.41) is 9.97. The molecule has 0 aliphatic heterocycles. The van der Waals surface area contributed by atoms with Crippen molar-refractivity contribution in [3.63, 3.8) is 0 Å². The Kier molecular flexibility index (Phi) is 5.70. The Morgan fingerprint density at radius 3 is 2.23 bits per heavy atom. The molecule has 0 heterocycles. The van der Waals surface area contributed by atoms with Gasteiger partial charge in [-0.1, -0.05) is 36.1 Å². The van der Waals surface area contributed by atoms with Crippen molar-refractivity contribution in [3.8, 4) is 30.3 Å². The van der Waals surface area contributed by atoms with Gasteiger partial charge in [-0.3, -0.25) is 0 Å². The molecule has 4 heteroatoms. The van der Waals surface area contributed by atoms with Crippen molar-refractivity contribution in [2.24, 2.45) is 5.92 Å². The van der Waals surface area contributed by atoms with Crippen molar-refractivity contribution < 1.29 is 13.2 Å². The van der Waals surface area contributed by atoms with Gasteiger partial charge in [0.15, 0.2) is 0 Å². The van der Waals surface area contributed by atoms with Gasteiger partial charge in [-0.2, -0.15) is 5.26 Å². The van der Waals surface area contributed by atoms with Crippen LogP contribution in [0.4, 0.5) is 13.2 Å². The summed E-state index contributed by atoms with van der Waals surface area (Å²) >= 11 is 0. The summed E-state index contributed by atoms with van der Waals surface area (Å²) < 4.78 is 42.5. The van der Waals surface area contributed by atoms with E-state index in [9.17, 15) is 8.78 Å². The third-order valence-electron chi connectivity index (χ3n) is 5.91. The first-order chi connectivity index (χ1) is 15.0. The molecule has 3 aromatic carbocycles. The molecular weight excluding hydrogens is 395 g/mol. The SMILES string of the molecule is C#CC1CCC(c2ccc3c(F)c(C#Cc4cc(F)c(C#N)c(F)c4)ccc3c2)CC1. The number of nitrogens with zero attached hydrogens (tertiary/aromatic N) is 1. The van der Waals surface area contributed by atoms with Gasteiger partial charge in [-0.15, -0.1) is 12.3 Å². The van der Waals surface area contributed by atoms with E-state index >= 15 is 4.39 Å². The van der Waals surface area contributed by atoms with Crippen molar-refractivity contribution in [1.82, 2.24) is 0 Å². The third kappa shape index (κ3) is 4.14. The van der Waals surface area contributed by atoms with Crippen LogP contribution in [0, 0.1) is 58.9 Å². The topological polar surface area (TPSA) is 23.8 Å². The van der Waals surface area contributed by atoms with Crippen LogP contribution in [0.1, 0.15) is 53.9 Å². The van der Waals surface area contributed by atoms with Crippen LogP contribution in [-0.2, 0) is 0 Å². The number of rotatable bonds is 1. The first kappa shape index (κ1) is 20.6. The van der Waals surface area contributed by atoms with Gasteiger partial charge >= 0.3 is 0 Å². The highest BCUT2D eigenvalue weighted by molar-refractivity contribution is 5.85. The molecule has 31 heavy (non-hydrogen) atoms. The number of hydrogen-bond donors (Lipinski definition) is 0. The molecule has 0 saturated heterocycles. The van der Waals surface area contributed by atoms with Crippen LogP contribution in [0.2, 0.25) is 0 Å². The maximum Gasteiger partial charge on any atom is 0.146 e. The van der Waals surface area contributed by atoms with E-state index in [4.69, 9.17) is 11.7 Å². The molecule has 1 fully saturated rings. The second-order valence-corrected chi connectivity index (χ2v) is 7.80. The molecule has 1 aliphatic rings. The Hall–Kier alpha value is -3.68. The fourth-order valence-electron chi connectivity index (χ4n) is 4.15. The van der Waals surface area contributed by atoms with Gasteiger partial charge in [0, 0.05) is 16.9 Å². The molecule has 0 radical (unpaired) electrons. The van der Waals surface area contributed by atoms with E-state index in [0.29, 0.717) is 17.2 Å². The van der Waals surface area contributed by atoms with Crippen LogP contribution in [0.5, 0.6) is 0 Å². The summed E-state index contributed by atoms with van der Waals surface area (Å²) in [7, 11) is 0. The first-order valence-corrected chi connectivity index (χ1v) is 10.1. The molecule has 152 valence electrons. The standard InChI is InChI=1S/C27H18F3N/c1-2-17-3-6-19(7-4-17)21-11-12-23-22(15-21)10-9-20(27(23)30)8-5-18-13-25(28)24(16-31)26(29)14-18/h1,9-15,17,19H,3-4,6-7H2.